The molecule has 27 heavy (non-hydrogen) atoms. The van der Waals surface area contributed by atoms with Crippen molar-refractivity contribution >= 4 is 28.9 Å². The van der Waals surface area contributed by atoms with Gasteiger partial charge < -0.3 is 10.1 Å². The number of esters is 1. The average molecular weight is 378 g/mol. The number of carbonyl (C=O) groups excluding carboxylic acids is 2. The Kier molecular flexibility index (Phi) is 4.73. The highest BCUT2D eigenvalue weighted by Gasteiger charge is 2.16. The molecule has 0 spiro atoms. The molecule has 0 saturated carbocycles. The van der Waals surface area contributed by atoms with Gasteiger partial charge in [0.25, 0.3) is 0 Å². The van der Waals surface area contributed by atoms with Crippen LogP contribution in [-0.4, -0.2) is 23.5 Å². The molecule has 6 heteroatoms. The van der Waals surface area contributed by atoms with E-state index in [0.717, 1.165) is 39.5 Å². The maximum absolute atomic E-state index is 11.8. The summed E-state index contributed by atoms with van der Waals surface area (Å²) in [6, 6.07) is 13.3. The van der Waals surface area contributed by atoms with Crippen LogP contribution in [0.3, 0.4) is 0 Å². The monoisotopic (exact) mass is 378 g/mol. The number of amides is 1. The molecule has 1 aliphatic heterocycles. The van der Waals surface area contributed by atoms with Crippen LogP contribution in [0.2, 0.25) is 0 Å². The second kappa shape index (κ2) is 7.32. The first-order chi connectivity index (χ1) is 13.1. The zero-order valence-corrected chi connectivity index (χ0v) is 15.6. The standard InChI is InChI=1S/C21H18N2O3S/c1-2-26-21(25)14-5-3-13(4-6-14)20-23-18(12-27-20)16-7-9-17-15(11-16)8-10-19(24)22-17/h3-7,9,11-12H,2,8,10H2,1H3,(H,22,24). The minimum atomic E-state index is -0.315. The van der Waals surface area contributed by atoms with E-state index in [0.29, 0.717) is 18.6 Å². The van der Waals surface area contributed by atoms with Gasteiger partial charge in [0, 0.05) is 28.6 Å². The molecule has 0 saturated heterocycles. The van der Waals surface area contributed by atoms with Crippen molar-refractivity contribution in [1.82, 2.24) is 4.98 Å². The Bertz CT molecular complexity index is 1010. The summed E-state index contributed by atoms with van der Waals surface area (Å²) in [7, 11) is 0. The highest BCUT2D eigenvalue weighted by atomic mass is 32.1. The van der Waals surface area contributed by atoms with Gasteiger partial charge in [0.15, 0.2) is 0 Å². The molecule has 0 aliphatic carbocycles. The van der Waals surface area contributed by atoms with Crippen LogP contribution in [0.5, 0.6) is 0 Å². The van der Waals surface area contributed by atoms with Crippen LogP contribution in [0.25, 0.3) is 21.8 Å². The first kappa shape index (κ1) is 17.4. The summed E-state index contributed by atoms with van der Waals surface area (Å²) < 4.78 is 5.01. The zero-order valence-electron chi connectivity index (χ0n) is 14.8. The van der Waals surface area contributed by atoms with Gasteiger partial charge in [-0.15, -0.1) is 11.3 Å². The number of hydrogen-bond acceptors (Lipinski definition) is 5. The number of nitrogens with zero attached hydrogens (tertiary/aromatic N) is 1. The van der Waals surface area contributed by atoms with Gasteiger partial charge in [-0.3, -0.25) is 4.79 Å². The SMILES string of the molecule is CCOC(=O)c1ccc(-c2nc(-c3ccc4c(c3)CCC(=O)N4)cs2)cc1. The van der Waals surface area contributed by atoms with E-state index in [-0.39, 0.29) is 11.9 Å². The first-order valence-electron chi connectivity index (χ1n) is 8.80. The Morgan fingerprint density at radius 1 is 1.15 bits per heavy atom. The van der Waals surface area contributed by atoms with Crippen LogP contribution in [0, 0.1) is 0 Å². The van der Waals surface area contributed by atoms with Gasteiger partial charge in [-0.1, -0.05) is 18.2 Å². The third-order valence-corrected chi connectivity index (χ3v) is 5.34. The number of anilines is 1. The van der Waals surface area contributed by atoms with Crippen molar-refractivity contribution in [2.24, 2.45) is 0 Å². The van der Waals surface area contributed by atoms with Crippen molar-refractivity contribution < 1.29 is 14.3 Å². The Labute approximate surface area is 161 Å². The van der Waals surface area contributed by atoms with Crippen LogP contribution in [-0.2, 0) is 16.0 Å². The molecule has 0 fully saturated rings. The van der Waals surface area contributed by atoms with Gasteiger partial charge in [0.05, 0.1) is 17.9 Å². The lowest BCUT2D eigenvalue weighted by Crippen LogP contribution is -2.18. The fourth-order valence-corrected chi connectivity index (χ4v) is 3.88. The molecule has 2 heterocycles. The smallest absolute Gasteiger partial charge is 0.338 e. The number of ether oxygens (including phenoxy) is 1. The second-order valence-corrected chi connectivity index (χ2v) is 7.11. The lowest BCUT2D eigenvalue weighted by molar-refractivity contribution is -0.116. The van der Waals surface area contributed by atoms with Crippen molar-refractivity contribution in [2.45, 2.75) is 19.8 Å². The molecule has 4 rings (SSSR count). The Hall–Kier alpha value is -2.99. The van der Waals surface area contributed by atoms with Gasteiger partial charge >= 0.3 is 5.97 Å². The van der Waals surface area contributed by atoms with E-state index in [1.807, 2.05) is 29.6 Å². The molecule has 0 atom stereocenters. The van der Waals surface area contributed by atoms with Gasteiger partial charge in [-0.2, -0.15) is 0 Å². The van der Waals surface area contributed by atoms with E-state index in [4.69, 9.17) is 9.72 Å². The number of aromatic nitrogens is 1. The number of fused-ring (bicyclic) bond motifs is 1. The van der Waals surface area contributed by atoms with Gasteiger partial charge in [-0.05, 0) is 43.2 Å². The zero-order chi connectivity index (χ0) is 18.8. The molecule has 5 nitrogen and oxygen atoms in total. The summed E-state index contributed by atoms with van der Waals surface area (Å²) in [5.41, 5.74) is 5.47. The normalized spacial score (nSPS) is 13.0. The molecular weight excluding hydrogens is 360 g/mol. The molecule has 0 unspecified atom stereocenters. The van der Waals surface area contributed by atoms with E-state index in [2.05, 4.69) is 11.4 Å². The fraction of sp³-hybridized carbons (Fsp3) is 0.190. The maximum atomic E-state index is 11.8. The van der Waals surface area contributed by atoms with Crippen molar-refractivity contribution in [3.8, 4) is 21.8 Å². The van der Waals surface area contributed by atoms with Crippen LogP contribution >= 0.6 is 11.3 Å². The van der Waals surface area contributed by atoms with Crippen LogP contribution in [0.15, 0.2) is 47.8 Å². The third-order valence-electron chi connectivity index (χ3n) is 4.44. The summed E-state index contributed by atoms with van der Waals surface area (Å²) in [4.78, 5) is 28.0. The van der Waals surface area contributed by atoms with E-state index in [1.165, 1.54) is 0 Å². The second-order valence-electron chi connectivity index (χ2n) is 6.26. The third kappa shape index (κ3) is 3.61. The molecule has 0 bridgehead atoms. The first-order valence-corrected chi connectivity index (χ1v) is 9.68. The predicted octanol–water partition coefficient (Wildman–Crippen LogP) is 4.54. The van der Waals surface area contributed by atoms with Gasteiger partial charge in [0.1, 0.15) is 5.01 Å². The highest BCUT2D eigenvalue weighted by molar-refractivity contribution is 7.13. The number of carbonyl (C=O) groups is 2. The van der Waals surface area contributed by atoms with Gasteiger partial charge in [-0.25, -0.2) is 9.78 Å². The van der Waals surface area contributed by atoms with Crippen molar-refractivity contribution in [2.75, 3.05) is 11.9 Å². The topological polar surface area (TPSA) is 68.3 Å². The molecule has 0 radical (unpaired) electrons. The Morgan fingerprint density at radius 3 is 2.70 bits per heavy atom. The fourth-order valence-electron chi connectivity index (χ4n) is 3.04. The number of nitrogens with one attached hydrogen (secondary N) is 1. The van der Waals surface area contributed by atoms with Crippen LogP contribution < -0.4 is 5.32 Å². The van der Waals surface area contributed by atoms with Crippen molar-refractivity contribution in [3.63, 3.8) is 0 Å². The molecule has 136 valence electrons. The summed E-state index contributed by atoms with van der Waals surface area (Å²) >= 11 is 1.56. The van der Waals surface area contributed by atoms with Crippen molar-refractivity contribution in [3.05, 3.63) is 59.0 Å². The van der Waals surface area contributed by atoms with E-state index >= 15 is 0 Å². The molecule has 1 aliphatic rings. The number of benzene rings is 2. The summed E-state index contributed by atoms with van der Waals surface area (Å²) in [5.74, 6) is -0.248. The van der Waals surface area contributed by atoms with Crippen LogP contribution in [0.1, 0.15) is 29.3 Å². The number of aryl methyl sites for hydroxylation is 1. The summed E-state index contributed by atoms with van der Waals surface area (Å²) in [6.07, 6.45) is 1.27. The predicted molar refractivity (Wildman–Crippen MR) is 106 cm³/mol. The van der Waals surface area contributed by atoms with E-state index < -0.39 is 0 Å². The maximum Gasteiger partial charge on any atom is 0.338 e. The van der Waals surface area contributed by atoms with E-state index in [1.54, 1.807) is 30.4 Å². The Balaban J connectivity index is 1.57. The molecule has 1 N–H and O–H groups in total. The number of hydrogen-bond donors (Lipinski definition) is 1. The highest BCUT2D eigenvalue weighted by Crippen LogP contribution is 2.32. The lowest BCUT2D eigenvalue weighted by atomic mass is 9.99. The summed E-state index contributed by atoms with van der Waals surface area (Å²) in [6.45, 7) is 2.15. The molecule has 2 aromatic carbocycles. The number of thiazole rings is 1. The quantitative estimate of drug-likeness (QED) is 0.677. The lowest BCUT2D eigenvalue weighted by Gasteiger charge is -2.17. The number of rotatable bonds is 4. The van der Waals surface area contributed by atoms with Crippen molar-refractivity contribution in [1.29, 1.82) is 0 Å². The molecular formula is C21H18N2O3S. The van der Waals surface area contributed by atoms with Gasteiger partial charge in [0.2, 0.25) is 5.91 Å². The molecule has 3 aromatic rings. The minimum Gasteiger partial charge on any atom is -0.462 e. The minimum absolute atomic E-state index is 0.0671. The van der Waals surface area contributed by atoms with E-state index in [9.17, 15) is 9.59 Å². The molecule has 1 amide bonds. The largest absolute Gasteiger partial charge is 0.462 e. The Morgan fingerprint density at radius 2 is 1.93 bits per heavy atom. The average Bonchev–Trinajstić information content (AvgIpc) is 3.18. The molecule has 1 aromatic heterocycles. The van der Waals surface area contributed by atoms with Crippen LogP contribution in [0.4, 0.5) is 5.69 Å². The summed E-state index contributed by atoms with van der Waals surface area (Å²) in [5, 5.41) is 5.82.